The molecule has 1 saturated carbocycles. The molecule has 3 rings (SSSR count). The van der Waals surface area contributed by atoms with Gasteiger partial charge in [0, 0.05) is 37.8 Å². The number of methoxy groups -OCH3 is 2. The Morgan fingerprint density at radius 1 is 1.21 bits per heavy atom. The maximum Gasteiger partial charge on any atom is 0.315 e. The highest BCUT2D eigenvalue weighted by molar-refractivity contribution is 5.75. The molecule has 0 spiro atoms. The Morgan fingerprint density at radius 2 is 1.88 bits per heavy atom. The Morgan fingerprint density at radius 3 is 2.46 bits per heavy atom. The molecule has 6 heteroatoms. The molecule has 132 valence electrons. The Balaban J connectivity index is 1.49. The van der Waals surface area contributed by atoms with Gasteiger partial charge in [-0.15, -0.1) is 0 Å². The van der Waals surface area contributed by atoms with Gasteiger partial charge in [0.1, 0.15) is 11.5 Å². The van der Waals surface area contributed by atoms with Crippen LogP contribution in [0.25, 0.3) is 0 Å². The fraction of sp³-hybridized carbons (Fsp3) is 0.611. The van der Waals surface area contributed by atoms with E-state index >= 15 is 0 Å². The van der Waals surface area contributed by atoms with Crippen LogP contribution < -0.4 is 20.1 Å². The van der Waals surface area contributed by atoms with Crippen LogP contribution in [-0.2, 0) is 6.54 Å². The summed E-state index contributed by atoms with van der Waals surface area (Å²) in [6.07, 6.45) is 2.08. The van der Waals surface area contributed by atoms with Crippen molar-refractivity contribution in [2.75, 3.05) is 27.3 Å². The minimum absolute atomic E-state index is 0.0285. The number of nitrogens with one attached hydrogen (secondary N) is 2. The fourth-order valence-corrected chi connectivity index (χ4v) is 3.23. The number of rotatable bonds is 6. The molecule has 1 heterocycles. The molecule has 2 amide bonds. The topological polar surface area (TPSA) is 62.8 Å². The van der Waals surface area contributed by atoms with E-state index in [1.54, 1.807) is 14.2 Å². The molecule has 1 aromatic carbocycles. The minimum atomic E-state index is -0.0285. The highest BCUT2D eigenvalue weighted by Gasteiger charge is 2.34. The van der Waals surface area contributed by atoms with E-state index in [4.69, 9.17) is 9.47 Å². The van der Waals surface area contributed by atoms with E-state index in [1.807, 2.05) is 18.2 Å². The zero-order valence-corrected chi connectivity index (χ0v) is 14.7. The standard InChI is InChI=1S/C18H27N3O3/c1-12-6-17(12)20-18(22)19-14-4-5-21(11-14)10-13-7-15(23-2)9-16(8-13)24-3/h7-9,12,14,17H,4-6,10-11H2,1-3H3,(H2,19,20,22)/t12-,14-,17+/m0/s1. The summed E-state index contributed by atoms with van der Waals surface area (Å²) in [6.45, 7) is 4.83. The summed E-state index contributed by atoms with van der Waals surface area (Å²) in [7, 11) is 3.32. The Kier molecular flexibility index (Phi) is 5.14. The summed E-state index contributed by atoms with van der Waals surface area (Å²) >= 11 is 0. The fourth-order valence-electron chi connectivity index (χ4n) is 3.23. The summed E-state index contributed by atoms with van der Waals surface area (Å²) in [4.78, 5) is 14.3. The first-order valence-electron chi connectivity index (χ1n) is 8.58. The zero-order valence-electron chi connectivity index (χ0n) is 14.7. The van der Waals surface area contributed by atoms with Gasteiger partial charge in [0.2, 0.25) is 0 Å². The third kappa shape index (κ3) is 4.32. The Labute approximate surface area is 143 Å². The molecule has 1 aliphatic carbocycles. The summed E-state index contributed by atoms with van der Waals surface area (Å²) in [6, 6.07) is 6.49. The summed E-state index contributed by atoms with van der Waals surface area (Å²) < 4.78 is 10.6. The van der Waals surface area contributed by atoms with Crippen molar-refractivity contribution in [2.45, 2.75) is 38.4 Å². The van der Waals surface area contributed by atoms with Crippen LogP contribution in [0.1, 0.15) is 25.3 Å². The average molecular weight is 333 g/mol. The number of ether oxygens (including phenoxy) is 2. The number of benzene rings is 1. The SMILES string of the molecule is COc1cc(CN2CC[C@H](NC(=O)N[C@@H]3C[C@@H]3C)C2)cc(OC)c1. The van der Waals surface area contributed by atoms with Crippen LogP contribution in [-0.4, -0.2) is 50.3 Å². The second-order valence-corrected chi connectivity index (χ2v) is 6.88. The molecule has 3 atom stereocenters. The summed E-state index contributed by atoms with van der Waals surface area (Å²) in [5.74, 6) is 2.23. The molecule has 1 aromatic rings. The molecule has 0 aromatic heterocycles. The van der Waals surface area contributed by atoms with Crippen molar-refractivity contribution >= 4 is 6.03 Å². The number of carbonyl (C=O) groups excluding carboxylic acids is 1. The molecule has 1 saturated heterocycles. The van der Waals surface area contributed by atoms with Gasteiger partial charge < -0.3 is 20.1 Å². The molecule has 1 aliphatic heterocycles. The van der Waals surface area contributed by atoms with Crippen molar-refractivity contribution in [3.8, 4) is 11.5 Å². The van der Waals surface area contributed by atoms with Gasteiger partial charge in [0.15, 0.2) is 0 Å². The van der Waals surface area contributed by atoms with Crippen molar-refractivity contribution in [3.63, 3.8) is 0 Å². The molecule has 0 radical (unpaired) electrons. The number of carbonyl (C=O) groups is 1. The van der Waals surface area contributed by atoms with Gasteiger partial charge in [-0.1, -0.05) is 6.92 Å². The van der Waals surface area contributed by atoms with Crippen LogP contribution in [0.4, 0.5) is 4.79 Å². The second kappa shape index (κ2) is 7.30. The molecular weight excluding hydrogens is 306 g/mol. The van der Waals surface area contributed by atoms with Crippen LogP contribution in [0.5, 0.6) is 11.5 Å². The number of amides is 2. The van der Waals surface area contributed by atoms with Crippen molar-refractivity contribution in [1.29, 1.82) is 0 Å². The first kappa shape index (κ1) is 16.9. The van der Waals surface area contributed by atoms with E-state index in [0.717, 1.165) is 49.5 Å². The smallest absolute Gasteiger partial charge is 0.315 e. The maximum absolute atomic E-state index is 12.0. The van der Waals surface area contributed by atoms with Gasteiger partial charge in [0.25, 0.3) is 0 Å². The third-order valence-corrected chi connectivity index (χ3v) is 4.85. The highest BCUT2D eigenvalue weighted by Crippen LogP contribution is 2.29. The van der Waals surface area contributed by atoms with E-state index < -0.39 is 0 Å². The minimum Gasteiger partial charge on any atom is -0.497 e. The predicted molar refractivity (Wildman–Crippen MR) is 92.5 cm³/mol. The van der Waals surface area contributed by atoms with Crippen molar-refractivity contribution in [2.24, 2.45) is 5.92 Å². The van der Waals surface area contributed by atoms with E-state index in [1.165, 1.54) is 0 Å². The number of hydrogen-bond acceptors (Lipinski definition) is 4. The number of urea groups is 1. The van der Waals surface area contributed by atoms with Crippen LogP contribution in [0.3, 0.4) is 0 Å². The highest BCUT2D eigenvalue weighted by atomic mass is 16.5. The van der Waals surface area contributed by atoms with Crippen molar-refractivity contribution in [1.82, 2.24) is 15.5 Å². The second-order valence-electron chi connectivity index (χ2n) is 6.88. The molecule has 6 nitrogen and oxygen atoms in total. The van der Waals surface area contributed by atoms with Crippen LogP contribution in [0, 0.1) is 5.92 Å². The molecule has 2 fully saturated rings. The van der Waals surface area contributed by atoms with Crippen molar-refractivity contribution < 1.29 is 14.3 Å². The van der Waals surface area contributed by atoms with Gasteiger partial charge in [-0.25, -0.2) is 4.79 Å². The van der Waals surface area contributed by atoms with Crippen LogP contribution in [0.2, 0.25) is 0 Å². The van der Waals surface area contributed by atoms with Gasteiger partial charge >= 0.3 is 6.03 Å². The number of likely N-dealkylation sites (tertiary alicyclic amines) is 1. The van der Waals surface area contributed by atoms with E-state index in [9.17, 15) is 4.79 Å². The number of hydrogen-bond donors (Lipinski definition) is 2. The van der Waals surface area contributed by atoms with Gasteiger partial charge in [0.05, 0.1) is 14.2 Å². The monoisotopic (exact) mass is 333 g/mol. The van der Waals surface area contributed by atoms with Gasteiger partial charge in [-0.05, 0) is 36.5 Å². The molecule has 2 N–H and O–H groups in total. The third-order valence-electron chi connectivity index (χ3n) is 4.85. The Bertz CT molecular complexity index is 571. The Hall–Kier alpha value is -1.95. The molecule has 2 aliphatic rings. The quantitative estimate of drug-likeness (QED) is 0.836. The van der Waals surface area contributed by atoms with E-state index in [0.29, 0.717) is 12.0 Å². The van der Waals surface area contributed by atoms with Crippen molar-refractivity contribution in [3.05, 3.63) is 23.8 Å². The first-order valence-corrected chi connectivity index (χ1v) is 8.58. The first-order chi connectivity index (χ1) is 11.6. The van der Waals surface area contributed by atoms with E-state index in [2.05, 4.69) is 22.5 Å². The van der Waals surface area contributed by atoms with Crippen LogP contribution >= 0.6 is 0 Å². The average Bonchev–Trinajstić information content (AvgIpc) is 3.07. The van der Waals surface area contributed by atoms with Gasteiger partial charge in [-0.3, -0.25) is 4.90 Å². The normalized spacial score (nSPS) is 26.0. The maximum atomic E-state index is 12.0. The molecule has 0 unspecified atom stereocenters. The lowest BCUT2D eigenvalue weighted by Crippen LogP contribution is -2.44. The zero-order chi connectivity index (χ0) is 17.1. The largest absolute Gasteiger partial charge is 0.497 e. The lowest BCUT2D eigenvalue weighted by Gasteiger charge is -2.18. The van der Waals surface area contributed by atoms with E-state index in [-0.39, 0.29) is 12.1 Å². The lowest BCUT2D eigenvalue weighted by molar-refractivity contribution is 0.235. The number of nitrogens with zero attached hydrogens (tertiary/aromatic N) is 1. The molecule has 0 bridgehead atoms. The van der Waals surface area contributed by atoms with Crippen LogP contribution in [0.15, 0.2) is 18.2 Å². The summed E-state index contributed by atoms with van der Waals surface area (Å²) in [5, 5.41) is 6.11. The van der Waals surface area contributed by atoms with Gasteiger partial charge in [-0.2, -0.15) is 0 Å². The molecular formula is C18H27N3O3. The predicted octanol–water partition coefficient (Wildman–Crippen LogP) is 1.99. The lowest BCUT2D eigenvalue weighted by atomic mass is 10.2. The summed E-state index contributed by atoms with van der Waals surface area (Å²) in [5.41, 5.74) is 1.16. The molecule has 24 heavy (non-hydrogen) atoms.